The summed E-state index contributed by atoms with van der Waals surface area (Å²) in [7, 11) is 0. The van der Waals surface area contributed by atoms with Gasteiger partial charge in [-0.1, -0.05) is 36.4 Å². The standard InChI is InChI=1S/C28H28N7O2/c1-18-6-3-4-9-23(18)35-21(14-20-8-5-7-19(2)24(20)28(35)36)15-34-27-25(26(29)30-17-31-27)22(32-34)16-33-10-12-37-13-11-33/h3-9,14,16-17H,10-13,15H2,1-2H3,(H2,29,30,31)/q+1. The fraction of sp³-hybridized carbons (Fsp3) is 0.250. The van der Waals surface area contributed by atoms with Crippen molar-refractivity contribution < 1.29 is 9.31 Å². The first-order valence-electron chi connectivity index (χ1n) is 12.3. The van der Waals surface area contributed by atoms with Crippen LogP contribution >= 0.6 is 0 Å². The first-order chi connectivity index (χ1) is 18.0. The van der Waals surface area contributed by atoms with E-state index in [9.17, 15) is 4.79 Å². The van der Waals surface area contributed by atoms with Crippen molar-refractivity contribution in [3.63, 3.8) is 0 Å². The summed E-state index contributed by atoms with van der Waals surface area (Å²) in [5, 5.41) is 7.22. The average Bonchev–Trinajstić information content (AvgIpc) is 3.23. The number of nitrogens with zero attached hydrogens (tertiary/aromatic N) is 6. The molecule has 2 aromatic carbocycles. The van der Waals surface area contributed by atoms with E-state index in [0.29, 0.717) is 47.7 Å². The molecule has 3 aromatic heterocycles. The van der Waals surface area contributed by atoms with E-state index in [1.807, 2.05) is 67.2 Å². The summed E-state index contributed by atoms with van der Waals surface area (Å²) in [6.45, 7) is 7.20. The second kappa shape index (κ2) is 9.25. The van der Waals surface area contributed by atoms with Crippen molar-refractivity contribution in [1.29, 1.82) is 0 Å². The lowest BCUT2D eigenvalue weighted by molar-refractivity contribution is -0.544. The number of benzene rings is 2. The molecule has 0 unspecified atom stereocenters. The first-order valence-corrected chi connectivity index (χ1v) is 12.3. The van der Waals surface area contributed by atoms with Crippen molar-refractivity contribution in [3.05, 3.63) is 87.7 Å². The third kappa shape index (κ3) is 4.07. The molecule has 1 fully saturated rings. The maximum Gasteiger partial charge on any atom is 0.263 e. The van der Waals surface area contributed by atoms with Crippen LogP contribution in [0.4, 0.5) is 5.82 Å². The first kappa shape index (κ1) is 23.1. The minimum atomic E-state index is -0.0504. The highest BCUT2D eigenvalue weighted by molar-refractivity contribution is 5.99. The van der Waals surface area contributed by atoms with Crippen LogP contribution in [0.15, 0.2) is 59.7 Å². The number of aryl methyl sites for hydroxylation is 2. The van der Waals surface area contributed by atoms with Crippen molar-refractivity contribution in [2.24, 2.45) is 0 Å². The Bertz CT molecular complexity index is 1740. The zero-order valence-corrected chi connectivity index (χ0v) is 20.9. The molecule has 5 aromatic rings. The Balaban J connectivity index is 1.57. The largest absolute Gasteiger partial charge is 0.383 e. The molecule has 0 atom stereocenters. The van der Waals surface area contributed by atoms with E-state index in [2.05, 4.69) is 20.6 Å². The van der Waals surface area contributed by atoms with Crippen LogP contribution in [0.25, 0.3) is 27.5 Å². The molecule has 1 aliphatic heterocycles. The number of hydrogen-bond acceptors (Lipinski definition) is 6. The van der Waals surface area contributed by atoms with E-state index < -0.39 is 0 Å². The summed E-state index contributed by atoms with van der Waals surface area (Å²) in [5.41, 5.74) is 11.2. The molecule has 0 spiro atoms. The molecule has 0 bridgehead atoms. The van der Waals surface area contributed by atoms with Gasteiger partial charge in [0.1, 0.15) is 25.4 Å². The highest BCUT2D eigenvalue weighted by atomic mass is 16.5. The maximum atomic E-state index is 14.0. The molecule has 4 heterocycles. The van der Waals surface area contributed by atoms with Crippen LogP contribution in [-0.2, 0) is 11.3 Å². The van der Waals surface area contributed by atoms with Crippen LogP contribution < -0.4 is 11.3 Å². The maximum absolute atomic E-state index is 14.0. The number of aromatic nitrogens is 5. The zero-order chi connectivity index (χ0) is 25.5. The van der Waals surface area contributed by atoms with Gasteiger partial charge in [0, 0.05) is 5.69 Å². The van der Waals surface area contributed by atoms with Crippen LogP contribution in [0, 0.1) is 13.8 Å². The highest BCUT2D eigenvalue weighted by Crippen LogP contribution is 2.24. The van der Waals surface area contributed by atoms with E-state index in [1.54, 1.807) is 4.57 Å². The normalized spacial score (nSPS) is 13.9. The van der Waals surface area contributed by atoms with Gasteiger partial charge in [-0.25, -0.2) is 19.2 Å². The molecule has 1 saturated heterocycles. The third-order valence-electron chi connectivity index (χ3n) is 6.94. The van der Waals surface area contributed by atoms with Crippen molar-refractivity contribution in [2.75, 3.05) is 32.0 Å². The van der Waals surface area contributed by atoms with Gasteiger partial charge in [0.2, 0.25) is 0 Å². The number of para-hydroxylation sites is 1. The molecule has 6 rings (SSSR count). The summed E-state index contributed by atoms with van der Waals surface area (Å²) in [5.74, 6) is 0.376. The predicted molar refractivity (Wildman–Crippen MR) is 144 cm³/mol. The molecular weight excluding hydrogens is 466 g/mol. The second-order valence-electron chi connectivity index (χ2n) is 9.38. The number of nitrogens with two attached hydrogens (primary N) is 1. The molecule has 9 heteroatoms. The van der Waals surface area contributed by atoms with Gasteiger partial charge >= 0.3 is 0 Å². The Morgan fingerprint density at radius 2 is 1.81 bits per heavy atom. The van der Waals surface area contributed by atoms with Crippen molar-refractivity contribution >= 4 is 33.8 Å². The van der Waals surface area contributed by atoms with Crippen molar-refractivity contribution in [2.45, 2.75) is 20.4 Å². The Labute approximate surface area is 213 Å². The molecule has 1 aliphatic rings. The monoisotopic (exact) mass is 494 g/mol. The number of nitrogen functional groups attached to an aromatic ring is 1. The van der Waals surface area contributed by atoms with Crippen LogP contribution in [0.3, 0.4) is 0 Å². The lowest BCUT2D eigenvalue weighted by Gasteiger charge is -2.17. The Kier molecular flexibility index (Phi) is 5.77. The van der Waals surface area contributed by atoms with Crippen LogP contribution in [-0.4, -0.2) is 61.4 Å². The number of hydrogen-bond donors (Lipinski definition) is 1. The van der Waals surface area contributed by atoms with Gasteiger partial charge in [-0.3, -0.25) is 9.36 Å². The zero-order valence-electron chi connectivity index (χ0n) is 20.9. The summed E-state index contributed by atoms with van der Waals surface area (Å²) in [6.07, 6.45) is 3.45. The Morgan fingerprint density at radius 1 is 1.03 bits per heavy atom. The number of pyridine rings is 1. The van der Waals surface area contributed by atoms with E-state index >= 15 is 0 Å². The van der Waals surface area contributed by atoms with Gasteiger partial charge in [0.05, 0.1) is 23.0 Å². The average molecular weight is 495 g/mol. The SMILES string of the molecule is Cc1ccccc1-n1c(Cn2nc(C=[N+]3CCOCC3)c3c(N)ncnc32)cc2cccc(C)c2c1=O. The van der Waals surface area contributed by atoms with E-state index in [-0.39, 0.29) is 5.56 Å². The smallest absolute Gasteiger partial charge is 0.263 e. The summed E-state index contributed by atoms with van der Waals surface area (Å²) in [4.78, 5) is 22.7. The topological polar surface area (TPSA) is 104 Å². The number of rotatable bonds is 4. The number of fused-ring (bicyclic) bond motifs is 2. The molecular formula is C28H28N7O2+. The minimum Gasteiger partial charge on any atom is -0.383 e. The van der Waals surface area contributed by atoms with Gasteiger partial charge in [-0.2, -0.15) is 5.10 Å². The van der Waals surface area contributed by atoms with E-state index in [1.165, 1.54) is 6.33 Å². The fourth-order valence-electron chi connectivity index (χ4n) is 5.08. The highest BCUT2D eigenvalue weighted by Gasteiger charge is 2.21. The Morgan fingerprint density at radius 3 is 2.62 bits per heavy atom. The van der Waals surface area contributed by atoms with Gasteiger partial charge in [-0.05, 0) is 42.5 Å². The van der Waals surface area contributed by atoms with E-state index in [0.717, 1.165) is 41.0 Å². The minimum absolute atomic E-state index is 0.0504. The number of anilines is 1. The molecule has 186 valence electrons. The lowest BCUT2D eigenvalue weighted by Crippen LogP contribution is -2.29. The lowest BCUT2D eigenvalue weighted by atomic mass is 10.1. The second-order valence-corrected chi connectivity index (χ2v) is 9.38. The van der Waals surface area contributed by atoms with Crippen LogP contribution in [0.2, 0.25) is 0 Å². The quantitative estimate of drug-likeness (QED) is 0.386. The van der Waals surface area contributed by atoms with Crippen molar-refractivity contribution in [3.8, 4) is 5.69 Å². The molecule has 0 amide bonds. The predicted octanol–water partition coefficient (Wildman–Crippen LogP) is 2.84. The Hall–Kier alpha value is -4.37. The molecule has 37 heavy (non-hydrogen) atoms. The van der Waals surface area contributed by atoms with Crippen LogP contribution in [0.5, 0.6) is 0 Å². The molecule has 0 saturated carbocycles. The molecule has 0 radical (unpaired) electrons. The molecule has 2 N–H and O–H groups in total. The van der Waals surface area contributed by atoms with Crippen LogP contribution in [0.1, 0.15) is 22.5 Å². The summed E-state index contributed by atoms with van der Waals surface area (Å²) >= 11 is 0. The number of ether oxygens (including phenoxy) is 1. The fourth-order valence-corrected chi connectivity index (χ4v) is 5.08. The van der Waals surface area contributed by atoms with Gasteiger partial charge in [0.15, 0.2) is 30.6 Å². The molecule has 9 nitrogen and oxygen atoms in total. The third-order valence-corrected chi connectivity index (χ3v) is 6.94. The summed E-state index contributed by atoms with van der Waals surface area (Å²) in [6, 6.07) is 15.9. The molecule has 0 aliphatic carbocycles. The van der Waals surface area contributed by atoms with Crippen molar-refractivity contribution in [1.82, 2.24) is 24.3 Å². The van der Waals surface area contributed by atoms with Gasteiger partial charge in [0.25, 0.3) is 5.56 Å². The number of morpholine rings is 1. The summed E-state index contributed by atoms with van der Waals surface area (Å²) < 4.78 is 11.3. The van der Waals surface area contributed by atoms with E-state index in [4.69, 9.17) is 15.6 Å². The van der Waals surface area contributed by atoms with Gasteiger partial charge < -0.3 is 10.5 Å². The van der Waals surface area contributed by atoms with Gasteiger partial charge in [-0.15, -0.1) is 0 Å².